The number of hydrogen-bond donors (Lipinski definition) is 2. The molecule has 1 saturated carbocycles. The van der Waals surface area contributed by atoms with Crippen molar-refractivity contribution in [3.63, 3.8) is 0 Å². The van der Waals surface area contributed by atoms with Gasteiger partial charge >= 0.3 is 0 Å². The average Bonchev–Trinajstić information content (AvgIpc) is 3.40. The fraction of sp³-hybridized carbons (Fsp3) is 0.333. The van der Waals surface area contributed by atoms with Crippen LogP contribution >= 0.6 is 0 Å². The van der Waals surface area contributed by atoms with Crippen molar-refractivity contribution in [1.82, 2.24) is 0 Å². The summed E-state index contributed by atoms with van der Waals surface area (Å²) in [7, 11) is 0. The Morgan fingerprint density at radius 1 is 0.920 bits per heavy atom. The largest absolute Gasteiger partial charge is 0.326 e. The molecule has 0 heterocycles. The molecule has 1 aliphatic rings. The van der Waals surface area contributed by atoms with Crippen molar-refractivity contribution in [3.8, 4) is 0 Å². The van der Waals surface area contributed by atoms with Crippen LogP contribution < -0.4 is 10.6 Å². The van der Waals surface area contributed by atoms with E-state index in [-0.39, 0.29) is 23.1 Å². The first-order valence-electron chi connectivity index (χ1n) is 8.66. The fourth-order valence-electron chi connectivity index (χ4n) is 2.58. The van der Waals surface area contributed by atoms with Gasteiger partial charge in [0.05, 0.1) is 0 Å². The van der Waals surface area contributed by atoms with Crippen LogP contribution in [0, 0.1) is 5.92 Å². The lowest BCUT2D eigenvalue weighted by Crippen LogP contribution is -2.15. The van der Waals surface area contributed by atoms with Gasteiger partial charge in [-0.1, -0.05) is 39.0 Å². The summed E-state index contributed by atoms with van der Waals surface area (Å²) in [6.45, 7) is 6.46. The van der Waals surface area contributed by atoms with Crippen LogP contribution in [-0.2, 0) is 10.2 Å². The lowest BCUT2D eigenvalue weighted by molar-refractivity contribution is -0.117. The van der Waals surface area contributed by atoms with E-state index in [1.807, 2.05) is 24.3 Å². The molecule has 4 nitrogen and oxygen atoms in total. The molecule has 0 atom stereocenters. The van der Waals surface area contributed by atoms with Gasteiger partial charge in [-0.2, -0.15) is 0 Å². The Morgan fingerprint density at radius 2 is 1.60 bits per heavy atom. The molecule has 2 N–H and O–H groups in total. The third kappa shape index (κ3) is 4.47. The maximum absolute atomic E-state index is 12.5. The molecule has 4 heteroatoms. The number of rotatable bonds is 4. The molecule has 0 unspecified atom stereocenters. The van der Waals surface area contributed by atoms with E-state index in [2.05, 4.69) is 31.4 Å². The van der Waals surface area contributed by atoms with Crippen LogP contribution in [0.1, 0.15) is 49.5 Å². The molecule has 2 amide bonds. The smallest absolute Gasteiger partial charge is 0.255 e. The van der Waals surface area contributed by atoms with Gasteiger partial charge in [-0.3, -0.25) is 9.59 Å². The van der Waals surface area contributed by atoms with Gasteiger partial charge in [0.2, 0.25) is 5.91 Å². The number of nitrogens with one attached hydrogen (secondary N) is 2. The van der Waals surface area contributed by atoms with Crippen molar-refractivity contribution in [2.24, 2.45) is 5.92 Å². The van der Waals surface area contributed by atoms with Crippen molar-refractivity contribution >= 4 is 23.2 Å². The first-order chi connectivity index (χ1) is 11.8. The normalized spacial score (nSPS) is 14.0. The highest BCUT2D eigenvalue weighted by atomic mass is 16.2. The molecule has 130 valence electrons. The van der Waals surface area contributed by atoms with Crippen molar-refractivity contribution in [3.05, 3.63) is 59.7 Å². The predicted octanol–water partition coefficient (Wildman–Crippen LogP) is 4.58. The molecule has 0 bridgehead atoms. The van der Waals surface area contributed by atoms with Crippen molar-refractivity contribution < 1.29 is 9.59 Å². The Labute approximate surface area is 148 Å². The molecule has 0 aliphatic heterocycles. The Hall–Kier alpha value is -2.62. The Balaban J connectivity index is 1.67. The topological polar surface area (TPSA) is 58.2 Å². The van der Waals surface area contributed by atoms with Crippen LogP contribution in [-0.4, -0.2) is 11.8 Å². The summed E-state index contributed by atoms with van der Waals surface area (Å²) >= 11 is 0. The van der Waals surface area contributed by atoms with E-state index in [4.69, 9.17) is 0 Å². The van der Waals surface area contributed by atoms with Gasteiger partial charge in [0.15, 0.2) is 0 Å². The van der Waals surface area contributed by atoms with Gasteiger partial charge in [-0.05, 0) is 54.2 Å². The molecule has 1 aliphatic carbocycles. The second-order valence-corrected chi connectivity index (χ2v) is 7.63. The van der Waals surface area contributed by atoms with Gasteiger partial charge in [0.25, 0.3) is 5.91 Å². The number of carbonyl (C=O) groups excluding carboxylic acids is 2. The van der Waals surface area contributed by atoms with Gasteiger partial charge in [0.1, 0.15) is 0 Å². The van der Waals surface area contributed by atoms with Gasteiger partial charge in [0, 0.05) is 22.9 Å². The van der Waals surface area contributed by atoms with E-state index in [0.29, 0.717) is 11.3 Å². The zero-order chi connectivity index (χ0) is 18.0. The minimum absolute atomic E-state index is 0.0373. The van der Waals surface area contributed by atoms with Crippen LogP contribution in [0.3, 0.4) is 0 Å². The standard InChI is InChI=1S/C21H24N2O2/c1-21(2,3)16-9-11-17(12-10-16)22-20(25)15-5-4-6-18(13-15)23-19(24)14-7-8-14/h4-6,9-14H,7-8H2,1-3H3,(H,22,25)(H,23,24). The van der Waals surface area contributed by atoms with Crippen LogP contribution in [0.4, 0.5) is 11.4 Å². The summed E-state index contributed by atoms with van der Waals surface area (Å²) < 4.78 is 0. The van der Waals surface area contributed by atoms with E-state index in [1.54, 1.807) is 24.3 Å². The number of carbonyl (C=O) groups is 2. The molecule has 1 fully saturated rings. The molecule has 3 rings (SSSR count). The quantitative estimate of drug-likeness (QED) is 0.858. The Kier molecular flexibility index (Phi) is 4.62. The van der Waals surface area contributed by atoms with Crippen LogP contribution in [0.25, 0.3) is 0 Å². The van der Waals surface area contributed by atoms with Crippen molar-refractivity contribution in [2.45, 2.75) is 39.0 Å². The highest BCUT2D eigenvalue weighted by molar-refractivity contribution is 6.05. The minimum Gasteiger partial charge on any atom is -0.326 e. The minimum atomic E-state index is -0.189. The zero-order valence-electron chi connectivity index (χ0n) is 14.9. The lowest BCUT2D eigenvalue weighted by atomic mass is 9.87. The van der Waals surface area contributed by atoms with Crippen LogP contribution in [0.2, 0.25) is 0 Å². The van der Waals surface area contributed by atoms with Crippen LogP contribution in [0.15, 0.2) is 48.5 Å². The summed E-state index contributed by atoms with van der Waals surface area (Å²) in [5, 5.41) is 5.77. The first-order valence-corrected chi connectivity index (χ1v) is 8.66. The molecule has 2 aromatic rings. The van der Waals surface area contributed by atoms with Gasteiger partial charge in [-0.25, -0.2) is 0 Å². The molecule has 0 saturated heterocycles. The number of benzene rings is 2. The molecule has 25 heavy (non-hydrogen) atoms. The molecular formula is C21H24N2O2. The molecule has 0 spiro atoms. The predicted molar refractivity (Wildman–Crippen MR) is 101 cm³/mol. The fourth-order valence-corrected chi connectivity index (χ4v) is 2.58. The maximum atomic E-state index is 12.5. The lowest BCUT2D eigenvalue weighted by Gasteiger charge is -2.19. The second-order valence-electron chi connectivity index (χ2n) is 7.63. The van der Waals surface area contributed by atoms with Crippen molar-refractivity contribution in [1.29, 1.82) is 0 Å². The summed E-state index contributed by atoms with van der Waals surface area (Å²) in [4.78, 5) is 24.3. The summed E-state index contributed by atoms with van der Waals surface area (Å²) in [6.07, 6.45) is 1.91. The number of hydrogen-bond acceptors (Lipinski definition) is 2. The second kappa shape index (κ2) is 6.71. The van der Waals surface area contributed by atoms with Gasteiger partial charge < -0.3 is 10.6 Å². The first kappa shape index (κ1) is 17.2. The Bertz CT molecular complexity index is 784. The van der Waals surface area contributed by atoms with E-state index >= 15 is 0 Å². The van der Waals surface area contributed by atoms with E-state index < -0.39 is 0 Å². The third-order valence-corrected chi connectivity index (χ3v) is 4.35. The van der Waals surface area contributed by atoms with E-state index in [1.165, 1.54) is 5.56 Å². The van der Waals surface area contributed by atoms with E-state index in [9.17, 15) is 9.59 Å². The summed E-state index contributed by atoms with van der Waals surface area (Å²) in [5.41, 5.74) is 3.23. The zero-order valence-corrected chi connectivity index (χ0v) is 14.9. The van der Waals surface area contributed by atoms with E-state index in [0.717, 1.165) is 18.5 Å². The SMILES string of the molecule is CC(C)(C)c1ccc(NC(=O)c2cccc(NC(=O)C3CC3)c2)cc1. The van der Waals surface area contributed by atoms with Crippen molar-refractivity contribution in [2.75, 3.05) is 10.6 Å². The maximum Gasteiger partial charge on any atom is 0.255 e. The molecular weight excluding hydrogens is 312 g/mol. The Morgan fingerprint density at radius 3 is 2.20 bits per heavy atom. The average molecular weight is 336 g/mol. The van der Waals surface area contributed by atoms with Gasteiger partial charge in [-0.15, -0.1) is 0 Å². The van der Waals surface area contributed by atoms with Crippen LogP contribution in [0.5, 0.6) is 0 Å². The summed E-state index contributed by atoms with van der Waals surface area (Å²) in [5.74, 6) is -0.0137. The molecule has 0 radical (unpaired) electrons. The molecule has 2 aromatic carbocycles. The summed E-state index contributed by atoms with van der Waals surface area (Å²) in [6, 6.07) is 14.9. The highest BCUT2D eigenvalue weighted by Gasteiger charge is 2.29. The highest BCUT2D eigenvalue weighted by Crippen LogP contribution is 2.30. The third-order valence-electron chi connectivity index (χ3n) is 4.35. The monoisotopic (exact) mass is 336 g/mol. The number of anilines is 2. The number of amides is 2. The molecule has 0 aromatic heterocycles.